The Labute approximate surface area is 147 Å². The van der Waals surface area contributed by atoms with E-state index in [1.807, 2.05) is 30.3 Å². The van der Waals surface area contributed by atoms with Crippen molar-refractivity contribution < 1.29 is 19.1 Å². The molecule has 0 N–H and O–H groups in total. The van der Waals surface area contributed by atoms with Crippen LogP contribution in [-0.2, 0) is 20.9 Å². The molecule has 25 heavy (non-hydrogen) atoms. The number of likely N-dealkylation sites (tertiary alicyclic amines) is 1. The van der Waals surface area contributed by atoms with Gasteiger partial charge in [-0.15, -0.1) is 0 Å². The van der Waals surface area contributed by atoms with Gasteiger partial charge in [-0.25, -0.2) is 4.79 Å². The number of nitrogens with zero attached hydrogens (tertiary/aromatic N) is 2. The van der Waals surface area contributed by atoms with E-state index < -0.39 is 0 Å². The monoisotopic (exact) mass is 344 g/mol. The molecule has 0 aromatic heterocycles. The van der Waals surface area contributed by atoms with Crippen LogP contribution in [0.2, 0.25) is 0 Å². The van der Waals surface area contributed by atoms with Crippen LogP contribution in [0.5, 0.6) is 0 Å². The summed E-state index contributed by atoms with van der Waals surface area (Å²) in [6.45, 7) is 2.94. The third-order valence-corrected chi connectivity index (χ3v) is 5.37. The average Bonchev–Trinajstić information content (AvgIpc) is 3.18. The molecular formula is C19H24N2O4. The van der Waals surface area contributed by atoms with Gasteiger partial charge in [-0.2, -0.15) is 0 Å². The number of fused-ring (bicyclic) bond motifs is 1. The lowest BCUT2D eigenvalue weighted by atomic mass is 10.0. The van der Waals surface area contributed by atoms with Crippen LogP contribution in [-0.4, -0.2) is 47.8 Å². The first-order valence-corrected chi connectivity index (χ1v) is 8.69. The second-order valence-corrected chi connectivity index (χ2v) is 7.05. The van der Waals surface area contributed by atoms with E-state index in [9.17, 15) is 14.4 Å². The summed E-state index contributed by atoms with van der Waals surface area (Å²) in [7, 11) is 1.53. The third-order valence-electron chi connectivity index (χ3n) is 5.37. The van der Waals surface area contributed by atoms with Crippen LogP contribution in [0, 0.1) is 17.8 Å². The first-order chi connectivity index (χ1) is 12.0. The first kappa shape index (κ1) is 17.5. The second-order valence-electron chi connectivity index (χ2n) is 7.05. The molecule has 1 aromatic rings. The van der Waals surface area contributed by atoms with Crippen LogP contribution in [0.25, 0.3) is 0 Å². The van der Waals surface area contributed by atoms with Crippen molar-refractivity contribution in [3.63, 3.8) is 0 Å². The third kappa shape index (κ3) is 3.83. The van der Waals surface area contributed by atoms with E-state index in [4.69, 9.17) is 4.74 Å². The van der Waals surface area contributed by atoms with Gasteiger partial charge in [0.2, 0.25) is 11.8 Å². The molecule has 1 aliphatic carbocycles. The van der Waals surface area contributed by atoms with Crippen LogP contribution in [0.3, 0.4) is 0 Å². The topological polar surface area (TPSA) is 66.9 Å². The zero-order valence-corrected chi connectivity index (χ0v) is 14.7. The fourth-order valence-corrected chi connectivity index (χ4v) is 3.89. The van der Waals surface area contributed by atoms with Gasteiger partial charge in [0.1, 0.15) is 6.61 Å². The van der Waals surface area contributed by atoms with Crippen LogP contribution < -0.4 is 0 Å². The number of rotatable bonds is 3. The van der Waals surface area contributed by atoms with Gasteiger partial charge in [-0.05, 0) is 30.2 Å². The van der Waals surface area contributed by atoms with Crippen LogP contribution in [0.4, 0.5) is 4.79 Å². The molecule has 1 heterocycles. The van der Waals surface area contributed by atoms with E-state index in [0.29, 0.717) is 24.9 Å². The maximum Gasteiger partial charge on any atom is 0.410 e. The summed E-state index contributed by atoms with van der Waals surface area (Å²) in [4.78, 5) is 38.8. The number of ether oxygens (including phenoxy) is 1. The Morgan fingerprint density at radius 3 is 2.28 bits per heavy atom. The normalized spacial score (nSPS) is 24.7. The molecule has 6 nitrogen and oxygen atoms in total. The van der Waals surface area contributed by atoms with Crippen molar-refractivity contribution in [1.82, 2.24) is 9.80 Å². The molecule has 0 bridgehead atoms. The van der Waals surface area contributed by atoms with Crippen LogP contribution in [0.1, 0.15) is 25.3 Å². The molecule has 1 unspecified atom stereocenters. The van der Waals surface area contributed by atoms with Crippen molar-refractivity contribution in [2.24, 2.45) is 17.8 Å². The van der Waals surface area contributed by atoms with Gasteiger partial charge >= 0.3 is 6.09 Å². The fourth-order valence-electron chi connectivity index (χ4n) is 3.89. The minimum Gasteiger partial charge on any atom is -0.445 e. The number of hydrogen-bond donors (Lipinski definition) is 0. The number of carbonyl (C=O) groups is 3. The van der Waals surface area contributed by atoms with E-state index in [0.717, 1.165) is 18.4 Å². The predicted octanol–water partition coefficient (Wildman–Crippen LogP) is 2.29. The molecule has 1 aliphatic heterocycles. The highest BCUT2D eigenvalue weighted by atomic mass is 16.6. The molecule has 1 aromatic carbocycles. The van der Waals surface area contributed by atoms with Gasteiger partial charge in [0.15, 0.2) is 0 Å². The Morgan fingerprint density at radius 2 is 1.72 bits per heavy atom. The number of benzene rings is 1. The average molecular weight is 344 g/mol. The van der Waals surface area contributed by atoms with E-state index in [-0.39, 0.29) is 30.4 Å². The molecule has 2 fully saturated rings. The summed E-state index contributed by atoms with van der Waals surface area (Å²) < 4.78 is 5.39. The van der Waals surface area contributed by atoms with Crippen molar-refractivity contribution >= 4 is 17.9 Å². The smallest absolute Gasteiger partial charge is 0.410 e. The van der Waals surface area contributed by atoms with Gasteiger partial charge in [0, 0.05) is 33.0 Å². The van der Waals surface area contributed by atoms with E-state index in [1.54, 1.807) is 4.90 Å². The number of amides is 3. The summed E-state index contributed by atoms with van der Waals surface area (Å²) in [6.07, 6.45) is 1.19. The molecule has 2 aliphatic rings. The zero-order chi connectivity index (χ0) is 18.0. The first-order valence-electron chi connectivity index (χ1n) is 8.69. The standard InChI is InChI=1S/C19H24N2O4/c1-13(22)20(2)18(23)15-8-16-10-21(11-17(16)9-15)19(24)25-12-14-6-4-3-5-7-14/h3-7,15-17H,8-12H2,1-2H3/t15?,16-,17+. The summed E-state index contributed by atoms with van der Waals surface area (Å²) >= 11 is 0. The van der Waals surface area contributed by atoms with Crippen LogP contribution >= 0.6 is 0 Å². The Kier molecular flexibility index (Phi) is 5.06. The van der Waals surface area contributed by atoms with Crippen molar-refractivity contribution in [1.29, 1.82) is 0 Å². The lowest BCUT2D eigenvalue weighted by Gasteiger charge is -2.21. The van der Waals surface area contributed by atoms with Gasteiger partial charge in [0.05, 0.1) is 0 Å². The Hall–Kier alpha value is -2.37. The Morgan fingerprint density at radius 1 is 1.12 bits per heavy atom. The maximum absolute atomic E-state index is 12.3. The molecular weight excluding hydrogens is 320 g/mol. The SMILES string of the molecule is CC(=O)N(C)C(=O)C1C[C@@H]2CN(C(=O)OCc3ccccc3)C[C@@H]2C1. The lowest BCUT2D eigenvalue weighted by Crippen LogP contribution is -2.36. The van der Waals surface area contributed by atoms with Gasteiger partial charge < -0.3 is 9.64 Å². The highest BCUT2D eigenvalue weighted by Crippen LogP contribution is 2.42. The highest BCUT2D eigenvalue weighted by Gasteiger charge is 2.45. The van der Waals surface area contributed by atoms with E-state index in [2.05, 4.69) is 0 Å². The van der Waals surface area contributed by atoms with Crippen molar-refractivity contribution in [3.8, 4) is 0 Å². The number of hydrogen-bond acceptors (Lipinski definition) is 4. The molecule has 0 spiro atoms. The van der Waals surface area contributed by atoms with Crippen molar-refractivity contribution in [3.05, 3.63) is 35.9 Å². The molecule has 1 saturated heterocycles. The minimum atomic E-state index is -0.290. The molecule has 0 radical (unpaired) electrons. The molecule has 3 atom stereocenters. The molecule has 1 saturated carbocycles. The summed E-state index contributed by atoms with van der Waals surface area (Å²) in [6, 6.07) is 9.60. The van der Waals surface area contributed by atoms with E-state index in [1.165, 1.54) is 18.9 Å². The summed E-state index contributed by atoms with van der Waals surface area (Å²) in [5, 5.41) is 0. The predicted molar refractivity (Wildman–Crippen MR) is 91.4 cm³/mol. The maximum atomic E-state index is 12.3. The Balaban J connectivity index is 1.48. The molecule has 6 heteroatoms. The van der Waals surface area contributed by atoms with Crippen LogP contribution in [0.15, 0.2) is 30.3 Å². The fraction of sp³-hybridized carbons (Fsp3) is 0.526. The van der Waals surface area contributed by atoms with Crippen molar-refractivity contribution in [2.45, 2.75) is 26.4 Å². The Bertz CT molecular complexity index is 647. The van der Waals surface area contributed by atoms with Crippen molar-refractivity contribution in [2.75, 3.05) is 20.1 Å². The lowest BCUT2D eigenvalue weighted by molar-refractivity contribution is -0.144. The number of imide groups is 1. The second kappa shape index (κ2) is 7.25. The molecule has 3 amide bonds. The summed E-state index contributed by atoms with van der Waals surface area (Å²) in [5.41, 5.74) is 0.966. The van der Waals surface area contributed by atoms with Gasteiger partial charge in [-0.1, -0.05) is 30.3 Å². The largest absolute Gasteiger partial charge is 0.445 e. The summed E-state index contributed by atoms with van der Waals surface area (Å²) in [5.74, 6) is 0.205. The number of carbonyl (C=O) groups excluding carboxylic acids is 3. The zero-order valence-electron chi connectivity index (χ0n) is 14.7. The van der Waals surface area contributed by atoms with Gasteiger partial charge in [-0.3, -0.25) is 14.5 Å². The highest BCUT2D eigenvalue weighted by molar-refractivity contribution is 5.95. The quantitative estimate of drug-likeness (QED) is 0.844. The van der Waals surface area contributed by atoms with Gasteiger partial charge in [0.25, 0.3) is 0 Å². The van der Waals surface area contributed by atoms with E-state index >= 15 is 0 Å². The molecule has 134 valence electrons. The minimum absolute atomic E-state index is 0.0971. The molecule has 3 rings (SSSR count).